The normalized spacial score (nSPS) is 18.4. The molecule has 0 amide bonds. The highest BCUT2D eigenvalue weighted by Gasteiger charge is 2.37. The fourth-order valence-corrected chi connectivity index (χ4v) is 3.89. The Kier molecular flexibility index (Phi) is 7.28. The Hall–Kier alpha value is -1.80. The zero-order valence-corrected chi connectivity index (χ0v) is 20.1. The molecule has 2 aromatic rings. The van der Waals surface area contributed by atoms with Gasteiger partial charge in [0, 0.05) is 24.8 Å². The summed E-state index contributed by atoms with van der Waals surface area (Å²) < 4.78 is 18.0. The van der Waals surface area contributed by atoms with E-state index in [1.54, 1.807) is 6.20 Å². The van der Waals surface area contributed by atoms with E-state index < -0.39 is 8.32 Å². The van der Waals surface area contributed by atoms with Gasteiger partial charge >= 0.3 is 0 Å². The van der Waals surface area contributed by atoms with E-state index in [1.807, 2.05) is 30.3 Å². The maximum Gasteiger partial charge on any atom is 0.192 e. The summed E-state index contributed by atoms with van der Waals surface area (Å²) in [6.45, 7) is 14.9. The molecule has 1 saturated heterocycles. The molecule has 0 N–H and O–H groups in total. The van der Waals surface area contributed by atoms with Crippen molar-refractivity contribution >= 4 is 8.32 Å². The van der Waals surface area contributed by atoms with Crippen LogP contribution < -0.4 is 4.74 Å². The number of rotatable bonds is 7. The van der Waals surface area contributed by atoms with Crippen LogP contribution >= 0.6 is 0 Å². The van der Waals surface area contributed by atoms with E-state index in [0.717, 1.165) is 36.7 Å². The highest BCUT2D eigenvalue weighted by molar-refractivity contribution is 6.74. The first-order valence-corrected chi connectivity index (χ1v) is 13.5. The molecule has 1 aromatic heterocycles. The van der Waals surface area contributed by atoms with Crippen LogP contribution in [0.3, 0.4) is 0 Å². The third kappa shape index (κ3) is 6.10. The molecule has 164 valence electrons. The van der Waals surface area contributed by atoms with Gasteiger partial charge in [-0.25, -0.2) is 9.97 Å². The molecule has 1 aliphatic heterocycles. The molecule has 0 radical (unpaired) electrons. The van der Waals surface area contributed by atoms with Crippen LogP contribution in [-0.4, -0.2) is 62.6 Å². The molecule has 6 nitrogen and oxygen atoms in total. The van der Waals surface area contributed by atoms with Gasteiger partial charge in [-0.05, 0) is 55.5 Å². The minimum absolute atomic E-state index is 0.115. The second-order valence-corrected chi connectivity index (χ2v) is 14.3. The van der Waals surface area contributed by atoms with E-state index >= 15 is 0 Å². The van der Waals surface area contributed by atoms with Gasteiger partial charge in [0.25, 0.3) is 0 Å². The summed E-state index contributed by atoms with van der Waals surface area (Å²) in [5.74, 6) is 1.53. The van der Waals surface area contributed by atoms with Crippen molar-refractivity contribution in [3.05, 3.63) is 42.2 Å². The maximum absolute atomic E-state index is 6.30. The monoisotopic (exact) mass is 429 g/mol. The SMILES string of the molecule is CN1CCOC(COc2ccc(-c3nccc(CO[Si](C)(C)C(C)(C)C)n3)cc2)C1. The zero-order chi connectivity index (χ0) is 21.8. The van der Waals surface area contributed by atoms with Gasteiger partial charge in [-0.3, -0.25) is 0 Å². The maximum atomic E-state index is 6.30. The number of nitrogens with zero attached hydrogens (tertiary/aromatic N) is 3. The Bertz CT molecular complexity index is 821. The van der Waals surface area contributed by atoms with E-state index in [2.05, 4.69) is 50.8 Å². The van der Waals surface area contributed by atoms with Crippen LogP contribution in [0, 0.1) is 0 Å². The van der Waals surface area contributed by atoms with Gasteiger partial charge in [-0.1, -0.05) is 20.8 Å². The molecule has 0 saturated carbocycles. The van der Waals surface area contributed by atoms with Crippen molar-refractivity contribution in [2.24, 2.45) is 0 Å². The first-order chi connectivity index (χ1) is 14.1. The molecule has 0 bridgehead atoms. The summed E-state index contributed by atoms with van der Waals surface area (Å²) in [5.41, 5.74) is 1.87. The molecule has 1 aliphatic rings. The van der Waals surface area contributed by atoms with E-state index in [4.69, 9.17) is 18.9 Å². The largest absolute Gasteiger partial charge is 0.491 e. The van der Waals surface area contributed by atoms with Crippen molar-refractivity contribution in [1.82, 2.24) is 14.9 Å². The van der Waals surface area contributed by atoms with Crippen LogP contribution in [0.25, 0.3) is 11.4 Å². The van der Waals surface area contributed by atoms with Crippen molar-refractivity contribution in [3.63, 3.8) is 0 Å². The molecular weight excluding hydrogens is 394 g/mol. The lowest BCUT2D eigenvalue weighted by Gasteiger charge is -2.36. The molecule has 1 atom stereocenters. The lowest BCUT2D eigenvalue weighted by molar-refractivity contribution is -0.0403. The molecule has 1 unspecified atom stereocenters. The summed E-state index contributed by atoms with van der Waals surface area (Å²) in [5, 5.41) is 0.177. The Balaban J connectivity index is 1.59. The van der Waals surface area contributed by atoms with E-state index in [9.17, 15) is 0 Å². The molecular formula is C23H35N3O3Si. The predicted molar refractivity (Wildman–Crippen MR) is 122 cm³/mol. The number of hydrogen-bond acceptors (Lipinski definition) is 6. The molecule has 7 heteroatoms. The number of morpholine rings is 1. The van der Waals surface area contributed by atoms with Crippen molar-refractivity contribution in [1.29, 1.82) is 0 Å². The predicted octanol–water partition coefficient (Wildman–Crippen LogP) is 4.37. The third-order valence-corrected chi connectivity index (χ3v) is 10.5. The van der Waals surface area contributed by atoms with Gasteiger partial charge < -0.3 is 18.8 Å². The van der Waals surface area contributed by atoms with Crippen molar-refractivity contribution in [3.8, 4) is 17.1 Å². The lowest BCUT2D eigenvalue weighted by atomic mass is 10.2. The fraction of sp³-hybridized carbons (Fsp3) is 0.565. The summed E-state index contributed by atoms with van der Waals surface area (Å²) in [7, 11) is 0.297. The molecule has 1 fully saturated rings. The quantitative estimate of drug-likeness (QED) is 0.609. The fourth-order valence-electron chi connectivity index (χ4n) is 2.94. The van der Waals surface area contributed by atoms with Crippen LogP contribution in [0.2, 0.25) is 18.1 Å². The van der Waals surface area contributed by atoms with Gasteiger partial charge in [-0.15, -0.1) is 0 Å². The number of likely N-dealkylation sites (N-methyl/N-ethyl adjacent to an activating group) is 1. The van der Waals surface area contributed by atoms with Crippen LogP contribution in [-0.2, 0) is 15.8 Å². The van der Waals surface area contributed by atoms with E-state index in [1.165, 1.54) is 0 Å². The Morgan fingerprint density at radius 2 is 1.90 bits per heavy atom. The molecule has 0 aliphatic carbocycles. The van der Waals surface area contributed by atoms with Gasteiger partial charge in [0.1, 0.15) is 18.5 Å². The van der Waals surface area contributed by atoms with Crippen LogP contribution in [0.5, 0.6) is 5.75 Å². The molecule has 30 heavy (non-hydrogen) atoms. The summed E-state index contributed by atoms with van der Waals surface area (Å²) in [4.78, 5) is 11.4. The highest BCUT2D eigenvalue weighted by atomic mass is 28.4. The van der Waals surface area contributed by atoms with Crippen molar-refractivity contribution < 1.29 is 13.9 Å². The van der Waals surface area contributed by atoms with Crippen LogP contribution in [0.4, 0.5) is 0 Å². The van der Waals surface area contributed by atoms with Crippen molar-refractivity contribution in [2.75, 3.05) is 33.4 Å². The third-order valence-electron chi connectivity index (χ3n) is 5.99. The molecule has 2 heterocycles. The Labute approximate surface area is 181 Å². The minimum Gasteiger partial charge on any atom is -0.491 e. The molecule has 1 aromatic carbocycles. The number of ether oxygens (including phenoxy) is 2. The average molecular weight is 430 g/mol. The second kappa shape index (κ2) is 9.56. The van der Waals surface area contributed by atoms with Crippen molar-refractivity contribution in [2.45, 2.75) is 51.6 Å². The van der Waals surface area contributed by atoms with Gasteiger partial charge in [0.2, 0.25) is 0 Å². The molecule has 3 rings (SSSR count). The second-order valence-electron chi connectivity index (χ2n) is 9.51. The average Bonchev–Trinajstić information content (AvgIpc) is 2.71. The van der Waals surface area contributed by atoms with Crippen LogP contribution in [0.15, 0.2) is 36.5 Å². The first-order valence-electron chi connectivity index (χ1n) is 10.6. The molecule has 0 spiro atoms. The minimum atomic E-state index is -1.81. The summed E-state index contributed by atoms with van der Waals surface area (Å²) in [6.07, 6.45) is 1.91. The van der Waals surface area contributed by atoms with Gasteiger partial charge in [0.05, 0.1) is 18.9 Å². The number of hydrogen-bond donors (Lipinski definition) is 0. The van der Waals surface area contributed by atoms with Gasteiger partial charge in [0.15, 0.2) is 14.1 Å². The first kappa shape index (κ1) is 22.9. The Morgan fingerprint density at radius 3 is 2.57 bits per heavy atom. The Morgan fingerprint density at radius 1 is 1.17 bits per heavy atom. The summed E-state index contributed by atoms with van der Waals surface area (Å²) >= 11 is 0. The topological polar surface area (TPSA) is 56.7 Å². The standard InChI is InChI=1S/C23H35N3O3Si/c1-23(2,3)30(5,6)29-16-19-11-12-24-22(25-19)18-7-9-20(10-8-18)28-17-21-15-26(4)13-14-27-21/h7-12,21H,13-17H2,1-6H3. The smallest absolute Gasteiger partial charge is 0.192 e. The highest BCUT2D eigenvalue weighted by Crippen LogP contribution is 2.37. The van der Waals surface area contributed by atoms with E-state index in [-0.39, 0.29) is 11.1 Å². The lowest BCUT2D eigenvalue weighted by Crippen LogP contribution is -2.42. The zero-order valence-electron chi connectivity index (χ0n) is 19.1. The number of aromatic nitrogens is 2. The number of benzene rings is 1. The van der Waals surface area contributed by atoms with E-state index in [0.29, 0.717) is 19.0 Å². The van der Waals surface area contributed by atoms with Crippen LogP contribution in [0.1, 0.15) is 26.5 Å². The summed E-state index contributed by atoms with van der Waals surface area (Å²) in [6, 6.07) is 9.84. The van der Waals surface area contributed by atoms with Gasteiger partial charge in [-0.2, -0.15) is 0 Å².